The number of likely N-dealkylation sites (tertiary alicyclic amines) is 1. The first-order valence-electron chi connectivity index (χ1n) is 9.10. The summed E-state index contributed by atoms with van der Waals surface area (Å²) < 4.78 is 5.28. The van der Waals surface area contributed by atoms with Crippen LogP contribution in [-0.2, 0) is 4.79 Å². The number of anilines is 1. The van der Waals surface area contributed by atoms with Crippen LogP contribution in [0.3, 0.4) is 0 Å². The number of piperidine rings is 1. The Morgan fingerprint density at radius 1 is 1.07 bits per heavy atom. The molecule has 0 saturated carbocycles. The van der Waals surface area contributed by atoms with E-state index in [0.29, 0.717) is 11.3 Å². The molecule has 0 atom stereocenters. The van der Waals surface area contributed by atoms with Crippen molar-refractivity contribution in [3.8, 4) is 5.75 Å². The first-order valence-corrected chi connectivity index (χ1v) is 9.10. The van der Waals surface area contributed by atoms with Crippen LogP contribution in [0.25, 0.3) is 0 Å². The second-order valence-electron chi connectivity index (χ2n) is 6.50. The lowest BCUT2D eigenvalue weighted by Gasteiger charge is -2.26. The summed E-state index contributed by atoms with van der Waals surface area (Å²) in [7, 11) is 0. The van der Waals surface area contributed by atoms with Crippen LogP contribution in [0.4, 0.5) is 11.4 Å². The molecule has 2 aromatic carbocycles. The van der Waals surface area contributed by atoms with Crippen LogP contribution in [0.2, 0.25) is 0 Å². The van der Waals surface area contributed by atoms with E-state index < -0.39 is 10.8 Å². The second-order valence-corrected chi connectivity index (χ2v) is 6.50. The molecule has 0 unspecified atom stereocenters. The van der Waals surface area contributed by atoms with E-state index in [9.17, 15) is 19.7 Å². The van der Waals surface area contributed by atoms with Crippen molar-refractivity contribution in [2.75, 3.05) is 25.0 Å². The molecular weight excluding hydrogens is 362 g/mol. The SMILES string of the molecule is O=C(COc1ccccc1[N+](=O)[O-])Nc1cccc(C(=O)N2CCCCC2)c1. The standard InChI is InChI=1S/C20H21N3O5/c24-19(14-28-18-10-3-2-9-17(18)23(26)27)21-16-8-6-7-15(13-16)20(25)22-11-4-1-5-12-22/h2-3,6-10,13H,1,4-5,11-12,14H2,(H,21,24). The van der Waals surface area contributed by atoms with Gasteiger partial charge in [0, 0.05) is 30.4 Å². The molecule has 3 rings (SSSR count). The van der Waals surface area contributed by atoms with E-state index in [2.05, 4.69) is 5.32 Å². The molecule has 0 radical (unpaired) electrons. The van der Waals surface area contributed by atoms with Gasteiger partial charge in [-0.15, -0.1) is 0 Å². The molecule has 1 saturated heterocycles. The first kappa shape index (κ1) is 19.3. The lowest BCUT2D eigenvalue weighted by molar-refractivity contribution is -0.385. The molecular formula is C20H21N3O5. The van der Waals surface area contributed by atoms with Crippen LogP contribution in [0, 0.1) is 10.1 Å². The average molecular weight is 383 g/mol. The lowest BCUT2D eigenvalue weighted by atomic mass is 10.1. The lowest BCUT2D eigenvalue weighted by Crippen LogP contribution is -2.35. The summed E-state index contributed by atoms with van der Waals surface area (Å²) in [5, 5.41) is 13.6. The van der Waals surface area contributed by atoms with Crippen LogP contribution in [0.15, 0.2) is 48.5 Å². The number of amides is 2. The van der Waals surface area contributed by atoms with Crippen molar-refractivity contribution in [1.82, 2.24) is 4.90 Å². The van der Waals surface area contributed by atoms with Crippen molar-refractivity contribution < 1.29 is 19.2 Å². The van der Waals surface area contributed by atoms with Gasteiger partial charge in [-0.3, -0.25) is 19.7 Å². The molecule has 1 N–H and O–H groups in total. The van der Waals surface area contributed by atoms with Crippen molar-refractivity contribution in [2.45, 2.75) is 19.3 Å². The number of carbonyl (C=O) groups is 2. The second kappa shape index (κ2) is 8.98. The smallest absolute Gasteiger partial charge is 0.310 e. The Bertz CT molecular complexity index is 878. The number of rotatable bonds is 6. The van der Waals surface area contributed by atoms with E-state index in [4.69, 9.17) is 4.74 Å². The number of benzene rings is 2. The van der Waals surface area contributed by atoms with E-state index >= 15 is 0 Å². The Hall–Kier alpha value is -3.42. The minimum absolute atomic E-state index is 0.0247. The van der Waals surface area contributed by atoms with E-state index in [1.165, 1.54) is 18.2 Å². The summed E-state index contributed by atoms with van der Waals surface area (Å²) in [5.41, 5.74) is 0.780. The largest absolute Gasteiger partial charge is 0.477 e. The first-order chi connectivity index (χ1) is 13.5. The Morgan fingerprint density at radius 2 is 1.82 bits per heavy atom. The molecule has 0 spiro atoms. The number of nitrogens with zero attached hydrogens (tertiary/aromatic N) is 2. The van der Waals surface area contributed by atoms with Crippen LogP contribution in [0.5, 0.6) is 5.75 Å². The number of hydrogen-bond acceptors (Lipinski definition) is 5. The van der Waals surface area contributed by atoms with Gasteiger partial charge in [0.25, 0.3) is 11.8 Å². The summed E-state index contributed by atoms with van der Waals surface area (Å²) >= 11 is 0. The highest BCUT2D eigenvalue weighted by atomic mass is 16.6. The third-order valence-corrected chi connectivity index (χ3v) is 4.46. The van der Waals surface area contributed by atoms with Gasteiger partial charge >= 0.3 is 5.69 Å². The fraction of sp³-hybridized carbons (Fsp3) is 0.300. The van der Waals surface area contributed by atoms with Gasteiger partial charge < -0.3 is 15.0 Å². The molecule has 0 aliphatic carbocycles. The van der Waals surface area contributed by atoms with E-state index in [1.807, 2.05) is 4.90 Å². The highest BCUT2D eigenvalue weighted by Gasteiger charge is 2.19. The average Bonchev–Trinajstić information content (AvgIpc) is 2.72. The fourth-order valence-corrected chi connectivity index (χ4v) is 3.08. The minimum atomic E-state index is -0.567. The van der Waals surface area contributed by atoms with Gasteiger partial charge in [-0.1, -0.05) is 18.2 Å². The van der Waals surface area contributed by atoms with Crippen molar-refractivity contribution >= 4 is 23.2 Å². The van der Waals surface area contributed by atoms with Crippen LogP contribution in [-0.4, -0.2) is 41.3 Å². The van der Waals surface area contributed by atoms with Crippen molar-refractivity contribution in [3.63, 3.8) is 0 Å². The molecule has 1 aliphatic heterocycles. The fourth-order valence-electron chi connectivity index (χ4n) is 3.08. The van der Waals surface area contributed by atoms with Gasteiger partial charge in [-0.05, 0) is 43.5 Å². The van der Waals surface area contributed by atoms with Crippen LogP contribution >= 0.6 is 0 Å². The molecule has 8 heteroatoms. The molecule has 1 heterocycles. The number of carbonyl (C=O) groups excluding carboxylic acids is 2. The molecule has 0 bridgehead atoms. The zero-order valence-electron chi connectivity index (χ0n) is 15.3. The predicted molar refractivity (Wildman–Crippen MR) is 103 cm³/mol. The third-order valence-electron chi connectivity index (χ3n) is 4.46. The monoisotopic (exact) mass is 383 g/mol. The Labute approximate surface area is 162 Å². The maximum atomic E-state index is 12.6. The number of hydrogen-bond donors (Lipinski definition) is 1. The van der Waals surface area contributed by atoms with Gasteiger partial charge in [0.2, 0.25) is 0 Å². The van der Waals surface area contributed by atoms with E-state index in [0.717, 1.165) is 32.4 Å². The third kappa shape index (κ3) is 4.85. The van der Waals surface area contributed by atoms with Crippen LogP contribution in [0.1, 0.15) is 29.6 Å². The summed E-state index contributed by atoms with van der Waals surface area (Å²) in [6.45, 7) is 1.12. The molecule has 28 heavy (non-hydrogen) atoms. The van der Waals surface area contributed by atoms with E-state index in [-0.39, 0.29) is 24.0 Å². The van der Waals surface area contributed by atoms with Crippen molar-refractivity contribution in [3.05, 3.63) is 64.2 Å². The number of nitrogens with one attached hydrogen (secondary N) is 1. The summed E-state index contributed by atoms with van der Waals surface area (Å²) in [4.78, 5) is 37.0. The minimum Gasteiger partial charge on any atom is -0.477 e. The van der Waals surface area contributed by atoms with Gasteiger partial charge in [-0.25, -0.2) is 0 Å². The summed E-state index contributed by atoms with van der Waals surface area (Å²) in [6, 6.07) is 12.6. The molecule has 2 aromatic rings. The van der Waals surface area contributed by atoms with Gasteiger partial charge in [0.1, 0.15) is 0 Å². The normalized spacial score (nSPS) is 13.6. The number of nitro groups is 1. The van der Waals surface area contributed by atoms with Gasteiger partial charge in [0.15, 0.2) is 12.4 Å². The quantitative estimate of drug-likeness (QED) is 0.609. The molecule has 8 nitrogen and oxygen atoms in total. The Kier molecular flexibility index (Phi) is 6.21. The van der Waals surface area contributed by atoms with Crippen molar-refractivity contribution in [1.29, 1.82) is 0 Å². The molecule has 146 valence electrons. The van der Waals surface area contributed by atoms with Gasteiger partial charge in [-0.2, -0.15) is 0 Å². The Balaban J connectivity index is 1.60. The molecule has 1 fully saturated rings. The molecule has 1 aliphatic rings. The number of nitro benzene ring substituents is 1. The highest BCUT2D eigenvalue weighted by molar-refractivity contribution is 5.97. The zero-order valence-corrected chi connectivity index (χ0v) is 15.3. The summed E-state index contributed by atoms with van der Waals surface area (Å²) in [6.07, 6.45) is 3.15. The molecule has 2 amide bonds. The number of para-hydroxylation sites is 2. The summed E-state index contributed by atoms with van der Waals surface area (Å²) in [5.74, 6) is -0.496. The zero-order chi connectivity index (χ0) is 19.9. The topological polar surface area (TPSA) is 102 Å². The van der Waals surface area contributed by atoms with E-state index in [1.54, 1.807) is 30.3 Å². The predicted octanol–water partition coefficient (Wildman–Crippen LogP) is 3.24. The maximum Gasteiger partial charge on any atom is 0.310 e. The molecule has 0 aromatic heterocycles. The van der Waals surface area contributed by atoms with Crippen molar-refractivity contribution in [2.24, 2.45) is 0 Å². The highest BCUT2D eigenvalue weighted by Crippen LogP contribution is 2.25. The Morgan fingerprint density at radius 3 is 2.57 bits per heavy atom. The number of ether oxygens (including phenoxy) is 1. The van der Waals surface area contributed by atoms with Gasteiger partial charge in [0.05, 0.1) is 4.92 Å². The van der Waals surface area contributed by atoms with Crippen LogP contribution < -0.4 is 10.1 Å². The maximum absolute atomic E-state index is 12.6.